The van der Waals surface area contributed by atoms with Crippen LogP contribution in [0.2, 0.25) is 10.0 Å². The molecule has 4 rings (SSSR count). The Labute approximate surface area is 282 Å². The maximum Gasteiger partial charge on any atom is 0.264 e. The van der Waals surface area contributed by atoms with E-state index in [1.165, 1.54) is 17.0 Å². The minimum absolute atomic E-state index is 0.0484. The van der Waals surface area contributed by atoms with Gasteiger partial charge >= 0.3 is 0 Å². The molecule has 0 saturated carbocycles. The number of hydrogen-bond acceptors (Lipinski definition) is 4. The van der Waals surface area contributed by atoms with Crippen molar-refractivity contribution in [3.63, 3.8) is 0 Å². The standard InChI is InChI=1S/C36H39Cl2N3O4S/c1-5-27-16-12-13-19-32(27)41(46(44,45)30-17-10-7-11-18-30)25-34(42)40(24-28-20-21-29(37)23-31(28)38)33(35(43)39-36(2,3)4)22-26-14-8-6-9-15-26/h6-21,23,33H,5,22,24-25H2,1-4H3,(H,39,43)/t33-/m1/s1. The number of para-hydroxylation sites is 1. The van der Waals surface area contributed by atoms with Crippen LogP contribution < -0.4 is 9.62 Å². The first-order valence-electron chi connectivity index (χ1n) is 15.0. The first-order valence-corrected chi connectivity index (χ1v) is 17.2. The molecule has 1 atom stereocenters. The van der Waals surface area contributed by atoms with Crippen LogP contribution in [0.15, 0.2) is 108 Å². The fourth-order valence-electron chi connectivity index (χ4n) is 5.13. The molecule has 2 amide bonds. The van der Waals surface area contributed by atoms with E-state index >= 15 is 0 Å². The summed E-state index contributed by atoms with van der Waals surface area (Å²) in [5, 5.41) is 3.77. The van der Waals surface area contributed by atoms with Gasteiger partial charge in [-0.2, -0.15) is 0 Å². The molecule has 0 aliphatic carbocycles. The van der Waals surface area contributed by atoms with Gasteiger partial charge in [0, 0.05) is 28.5 Å². The summed E-state index contributed by atoms with van der Waals surface area (Å²) in [5.74, 6) is -0.942. The molecule has 0 aromatic heterocycles. The predicted octanol–water partition coefficient (Wildman–Crippen LogP) is 7.31. The monoisotopic (exact) mass is 679 g/mol. The number of benzene rings is 4. The van der Waals surface area contributed by atoms with Gasteiger partial charge in [0.05, 0.1) is 10.6 Å². The van der Waals surface area contributed by atoms with E-state index in [1.807, 2.05) is 70.2 Å². The smallest absolute Gasteiger partial charge is 0.264 e. The minimum Gasteiger partial charge on any atom is -0.350 e. The highest BCUT2D eigenvalue weighted by atomic mass is 35.5. The van der Waals surface area contributed by atoms with Crippen molar-refractivity contribution >= 4 is 50.7 Å². The third kappa shape index (κ3) is 8.90. The van der Waals surface area contributed by atoms with E-state index in [9.17, 15) is 18.0 Å². The topological polar surface area (TPSA) is 86.8 Å². The van der Waals surface area contributed by atoms with Crippen LogP contribution in [0.25, 0.3) is 0 Å². The lowest BCUT2D eigenvalue weighted by Crippen LogP contribution is -2.56. The Bertz CT molecular complexity index is 1760. The number of halogens is 2. The highest BCUT2D eigenvalue weighted by Gasteiger charge is 2.36. The van der Waals surface area contributed by atoms with Crippen molar-refractivity contribution < 1.29 is 18.0 Å². The summed E-state index contributed by atoms with van der Waals surface area (Å²) >= 11 is 12.8. The first kappa shape index (κ1) is 35.0. The highest BCUT2D eigenvalue weighted by molar-refractivity contribution is 7.92. The summed E-state index contributed by atoms with van der Waals surface area (Å²) in [6.45, 7) is 6.91. The van der Waals surface area contributed by atoms with Gasteiger partial charge < -0.3 is 10.2 Å². The van der Waals surface area contributed by atoms with Crippen molar-refractivity contribution in [2.45, 2.75) is 63.6 Å². The molecule has 7 nitrogen and oxygen atoms in total. The number of amides is 2. The Kier molecular flexibility index (Phi) is 11.5. The molecule has 0 aliphatic heterocycles. The lowest BCUT2D eigenvalue weighted by molar-refractivity contribution is -0.140. The van der Waals surface area contributed by atoms with E-state index in [0.29, 0.717) is 27.7 Å². The van der Waals surface area contributed by atoms with Gasteiger partial charge in [-0.05, 0) is 74.2 Å². The molecule has 0 fully saturated rings. The average molecular weight is 681 g/mol. The SMILES string of the molecule is CCc1ccccc1N(CC(=O)N(Cc1ccc(Cl)cc1Cl)[C@H](Cc1ccccc1)C(=O)NC(C)(C)C)S(=O)(=O)c1ccccc1. The Balaban J connectivity index is 1.86. The molecule has 46 heavy (non-hydrogen) atoms. The van der Waals surface area contributed by atoms with Gasteiger partial charge in [0.25, 0.3) is 10.0 Å². The largest absolute Gasteiger partial charge is 0.350 e. The fourth-order valence-corrected chi connectivity index (χ4v) is 7.07. The van der Waals surface area contributed by atoms with Gasteiger partial charge in [-0.1, -0.05) is 103 Å². The maximum absolute atomic E-state index is 14.7. The summed E-state index contributed by atoms with van der Waals surface area (Å²) < 4.78 is 29.6. The molecular formula is C36H39Cl2N3O4S. The zero-order chi connectivity index (χ0) is 33.5. The Hall–Kier alpha value is -3.85. The van der Waals surface area contributed by atoms with Crippen LogP contribution in [0.4, 0.5) is 5.69 Å². The summed E-state index contributed by atoms with van der Waals surface area (Å²) in [6, 6.07) is 28.5. The Morgan fingerprint density at radius 1 is 0.826 bits per heavy atom. The van der Waals surface area contributed by atoms with E-state index in [0.717, 1.165) is 15.4 Å². The zero-order valence-corrected chi connectivity index (χ0v) is 28.7. The van der Waals surface area contributed by atoms with Crippen molar-refractivity contribution in [1.82, 2.24) is 10.2 Å². The van der Waals surface area contributed by atoms with Crippen molar-refractivity contribution in [2.24, 2.45) is 0 Å². The molecule has 0 radical (unpaired) electrons. The van der Waals surface area contributed by atoms with E-state index in [-0.39, 0.29) is 23.8 Å². The minimum atomic E-state index is -4.19. The van der Waals surface area contributed by atoms with Crippen LogP contribution >= 0.6 is 23.2 Å². The van der Waals surface area contributed by atoms with Crippen LogP contribution in [0.3, 0.4) is 0 Å². The summed E-state index contributed by atoms with van der Waals surface area (Å²) in [7, 11) is -4.19. The molecule has 4 aromatic carbocycles. The number of carbonyl (C=O) groups is 2. The van der Waals surface area contributed by atoms with E-state index in [4.69, 9.17) is 23.2 Å². The Morgan fingerprint density at radius 2 is 1.43 bits per heavy atom. The summed E-state index contributed by atoms with van der Waals surface area (Å²) in [6.07, 6.45) is 0.733. The van der Waals surface area contributed by atoms with E-state index < -0.39 is 34.1 Å². The number of nitrogens with one attached hydrogen (secondary N) is 1. The number of carbonyl (C=O) groups excluding carboxylic acids is 2. The van der Waals surface area contributed by atoms with Crippen molar-refractivity contribution in [1.29, 1.82) is 0 Å². The Morgan fingerprint density at radius 3 is 2.04 bits per heavy atom. The third-order valence-corrected chi connectivity index (χ3v) is 9.74. The van der Waals surface area contributed by atoms with Crippen LogP contribution in [-0.4, -0.2) is 43.3 Å². The number of rotatable bonds is 12. The first-order chi connectivity index (χ1) is 21.8. The molecule has 4 aromatic rings. The van der Waals surface area contributed by atoms with Crippen LogP contribution in [0, 0.1) is 0 Å². The number of anilines is 1. The molecule has 0 aliphatic rings. The molecule has 0 unspecified atom stereocenters. The van der Waals surface area contributed by atoms with E-state index in [1.54, 1.807) is 48.5 Å². The maximum atomic E-state index is 14.7. The molecule has 0 spiro atoms. The quantitative estimate of drug-likeness (QED) is 0.170. The lowest BCUT2D eigenvalue weighted by Gasteiger charge is -2.35. The number of sulfonamides is 1. The molecule has 0 bridgehead atoms. The lowest BCUT2D eigenvalue weighted by atomic mass is 10.0. The summed E-state index contributed by atoms with van der Waals surface area (Å²) in [5.41, 5.74) is 1.95. The number of nitrogens with zero attached hydrogens (tertiary/aromatic N) is 2. The predicted molar refractivity (Wildman–Crippen MR) is 186 cm³/mol. The average Bonchev–Trinajstić information content (AvgIpc) is 3.02. The fraction of sp³-hybridized carbons (Fsp3) is 0.278. The van der Waals surface area contributed by atoms with Crippen LogP contribution in [0.5, 0.6) is 0 Å². The number of aryl methyl sites for hydroxylation is 1. The van der Waals surface area contributed by atoms with Gasteiger partial charge in [-0.15, -0.1) is 0 Å². The summed E-state index contributed by atoms with van der Waals surface area (Å²) in [4.78, 5) is 30.2. The van der Waals surface area contributed by atoms with Gasteiger partial charge in [0.2, 0.25) is 11.8 Å². The van der Waals surface area contributed by atoms with Crippen molar-refractivity contribution in [3.8, 4) is 0 Å². The van der Waals surface area contributed by atoms with Gasteiger partial charge in [-0.25, -0.2) is 8.42 Å². The number of hydrogen-bond donors (Lipinski definition) is 1. The van der Waals surface area contributed by atoms with Gasteiger partial charge in [0.1, 0.15) is 12.6 Å². The highest BCUT2D eigenvalue weighted by Crippen LogP contribution is 2.29. The third-order valence-electron chi connectivity index (χ3n) is 7.38. The molecular weight excluding hydrogens is 641 g/mol. The van der Waals surface area contributed by atoms with Crippen molar-refractivity contribution in [3.05, 3.63) is 130 Å². The van der Waals surface area contributed by atoms with Gasteiger partial charge in [0.15, 0.2) is 0 Å². The molecule has 1 N–H and O–H groups in total. The molecule has 242 valence electrons. The molecule has 10 heteroatoms. The van der Waals surface area contributed by atoms with E-state index in [2.05, 4.69) is 5.32 Å². The second kappa shape index (κ2) is 15.2. The van der Waals surface area contributed by atoms with Crippen LogP contribution in [-0.2, 0) is 39.0 Å². The van der Waals surface area contributed by atoms with Crippen LogP contribution in [0.1, 0.15) is 44.4 Å². The zero-order valence-electron chi connectivity index (χ0n) is 26.4. The van der Waals surface area contributed by atoms with Gasteiger partial charge in [-0.3, -0.25) is 13.9 Å². The normalized spacial score (nSPS) is 12.3. The molecule has 0 saturated heterocycles. The second-order valence-corrected chi connectivity index (χ2v) is 14.7. The molecule has 0 heterocycles. The second-order valence-electron chi connectivity index (χ2n) is 12.0. The van der Waals surface area contributed by atoms with Crippen molar-refractivity contribution in [2.75, 3.05) is 10.8 Å².